The largest absolute Gasteiger partial charge is 0.464 e. The van der Waals surface area contributed by atoms with Crippen molar-refractivity contribution in [3.05, 3.63) is 0 Å². The minimum absolute atomic E-state index is 0.0916. The summed E-state index contributed by atoms with van der Waals surface area (Å²) in [6.45, 7) is 11.6. The second kappa shape index (κ2) is 6.95. The summed E-state index contributed by atoms with van der Waals surface area (Å²) < 4.78 is 15.6. The first-order valence-electron chi connectivity index (χ1n) is 8.18. The average Bonchev–Trinajstić information content (AvgIpc) is 3.10. The summed E-state index contributed by atoms with van der Waals surface area (Å²) in [5.74, 6) is 1.04. The average molecular weight is 353 g/mol. The minimum Gasteiger partial charge on any atom is -0.464 e. The number of imide groups is 1. The standard InChI is InChI=1S/C18H27NO6/c1-9-12-11-18(12,13(20)23-10-2)19(14(21)24-16(3,4)5)15(22)25-17(6,7)8/h1,12H,10-11H2,2-8H3/t12-,18-/m1/s1. The van der Waals surface area contributed by atoms with E-state index in [4.69, 9.17) is 20.6 Å². The van der Waals surface area contributed by atoms with Crippen LogP contribution < -0.4 is 0 Å². The number of ether oxygens (including phenoxy) is 3. The fourth-order valence-electron chi connectivity index (χ4n) is 2.28. The normalized spacial score (nSPS) is 22.4. The Morgan fingerprint density at radius 1 is 1.08 bits per heavy atom. The number of amides is 2. The molecule has 0 bridgehead atoms. The van der Waals surface area contributed by atoms with Crippen molar-refractivity contribution in [2.75, 3.05) is 6.61 Å². The number of carbonyl (C=O) groups excluding carboxylic acids is 3. The fraction of sp³-hybridized carbons (Fsp3) is 0.722. The predicted molar refractivity (Wildman–Crippen MR) is 90.6 cm³/mol. The molecule has 0 heterocycles. The third kappa shape index (κ3) is 4.88. The second-order valence-electron chi connectivity index (χ2n) is 7.86. The molecule has 0 aromatic heterocycles. The number of terminal acetylenes is 1. The van der Waals surface area contributed by atoms with E-state index in [1.165, 1.54) is 0 Å². The first-order valence-corrected chi connectivity index (χ1v) is 8.18. The Morgan fingerprint density at radius 2 is 1.52 bits per heavy atom. The highest BCUT2D eigenvalue weighted by atomic mass is 16.6. The van der Waals surface area contributed by atoms with Crippen LogP contribution in [-0.4, -0.2) is 46.4 Å². The van der Waals surface area contributed by atoms with Crippen LogP contribution in [0.15, 0.2) is 0 Å². The van der Waals surface area contributed by atoms with Gasteiger partial charge in [-0.1, -0.05) is 0 Å². The van der Waals surface area contributed by atoms with E-state index in [1.807, 2.05) is 0 Å². The maximum Gasteiger partial charge on any atom is 0.420 e. The summed E-state index contributed by atoms with van der Waals surface area (Å²) in [6, 6.07) is 0. The Hall–Kier alpha value is -2.23. The first-order chi connectivity index (χ1) is 11.3. The quantitative estimate of drug-likeness (QED) is 0.440. The van der Waals surface area contributed by atoms with Crippen LogP contribution >= 0.6 is 0 Å². The molecule has 2 amide bonds. The molecular weight excluding hydrogens is 326 g/mol. The molecule has 0 radical (unpaired) electrons. The molecule has 0 unspecified atom stereocenters. The number of carbonyl (C=O) groups is 3. The van der Waals surface area contributed by atoms with Crippen LogP contribution in [0.4, 0.5) is 9.59 Å². The van der Waals surface area contributed by atoms with E-state index in [0.29, 0.717) is 4.90 Å². The van der Waals surface area contributed by atoms with Gasteiger partial charge >= 0.3 is 18.2 Å². The van der Waals surface area contributed by atoms with Gasteiger partial charge in [-0.2, -0.15) is 4.90 Å². The van der Waals surface area contributed by atoms with Gasteiger partial charge in [-0.3, -0.25) is 0 Å². The van der Waals surface area contributed by atoms with Crippen molar-refractivity contribution in [2.24, 2.45) is 5.92 Å². The molecule has 1 aliphatic rings. The molecule has 7 nitrogen and oxygen atoms in total. The van der Waals surface area contributed by atoms with Crippen LogP contribution in [0.25, 0.3) is 0 Å². The van der Waals surface area contributed by atoms with Crippen molar-refractivity contribution in [3.8, 4) is 12.3 Å². The molecule has 0 aromatic carbocycles. The van der Waals surface area contributed by atoms with E-state index < -0.39 is 40.8 Å². The molecule has 1 aliphatic carbocycles. The zero-order valence-corrected chi connectivity index (χ0v) is 16.0. The van der Waals surface area contributed by atoms with Gasteiger partial charge in [-0.15, -0.1) is 12.3 Å². The van der Waals surface area contributed by atoms with Gasteiger partial charge in [0.25, 0.3) is 0 Å². The molecule has 25 heavy (non-hydrogen) atoms. The van der Waals surface area contributed by atoms with Gasteiger partial charge < -0.3 is 14.2 Å². The maximum absolute atomic E-state index is 12.7. The molecule has 140 valence electrons. The summed E-state index contributed by atoms with van der Waals surface area (Å²) >= 11 is 0. The Morgan fingerprint density at radius 3 is 1.80 bits per heavy atom. The lowest BCUT2D eigenvalue weighted by atomic mass is 10.1. The van der Waals surface area contributed by atoms with Gasteiger partial charge in [-0.05, 0) is 48.5 Å². The lowest BCUT2D eigenvalue weighted by Crippen LogP contribution is -2.55. The fourth-order valence-corrected chi connectivity index (χ4v) is 2.28. The van der Waals surface area contributed by atoms with Crippen molar-refractivity contribution in [1.82, 2.24) is 4.90 Å². The Bertz CT molecular complexity index is 564. The van der Waals surface area contributed by atoms with Crippen molar-refractivity contribution in [3.63, 3.8) is 0 Å². The number of esters is 1. The van der Waals surface area contributed by atoms with Crippen LogP contribution in [0.1, 0.15) is 54.9 Å². The highest BCUT2D eigenvalue weighted by molar-refractivity contribution is 5.99. The van der Waals surface area contributed by atoms with Crippen LogP contribution in [-0.2, 0) is 19.0 Å². The zero-order valence-electron chi connectivity index (χ0n) is 16.0. The third-order valence-corrected chi connectivity index (χ3v) is 3.31. The zero-order chi connectivity index (χ0) is 19.6. The van der Waals surface area contributed by atoms with Crippen molar-refractivity contribution < 1.29 is 28.6 Å². The molecule has 0 N–H and O–H groups in total. The summed E-state index contributed by atoms with van der Waals surface area (Å²) in [4.78, 5) is 38.5. The molecular formula is C18H27NO6. The van der Waals surface area contributed by atoms with Gasteiger partial charge in [0.05, 0.1) is 12.5 Å². The van der Waals surface area contributed by atoms with Crippen LogP contribution in [0, 0.1) is 18.3 Å². The lowest BCUT2D eigenvalue weighted by Gasteiger charge is -2.32. The van der Waals surface area contributed by atoms with Crippen LogP contribution in [0.2, 0.25) is 0 Å². The van der Waals surface area contributed by atoms with Gasteiger partial charge in [0.15, 0.2) is 5.54 Å². The van der Waals surface area contributed by atoms with E-state index >= 15 is 0 Å². The number of hydrogen-bond acceptors (Lipinski definition) is 6. The number of rotatable bonds is 3. The molecule has 1 rings (SSSR count). The number of hydrogen-bond donors (Lipinski definition) is 0. The molecule has 0 spiro atoms. The van der Waals surface area contributed by atoms with E-state index in [9.17, 15) is 14.4 Å². The highest BCUT2D eigenvalue weighted by Crippen LogP contribution is 2.50. The van der Waals surface area contributed by atoms with Crippen LogP contribution in [0.5, 0.6) is 0 Å². The van der Waals surface area contributed by atoms with Crippen molar-refractivity contribution >= 4 is 18.2 Å². The maximum atomic E-state index is 12.7. The molecule has 1 fully saturated rings. The summed E-state index contributed by atoms with van der Waals surface area (Å²) in [5.41, 5.74) is -3.32. The molecule has 2 atom stereocenters. The molecule has 0 aromatic rings. The summed E-state index contributed by atoms with van der Waals surface area (Å²) in [6.07, 6.45) is 3.57. The summed E-state index contributed by atoms with van der Waals surface area (Å²) in [5, 5.41) is 0. The molecule has 7 heteroatoms. The van der Waals surface area contributed by atoms with Gasteiger partial charge in [0.2, 0.25) is 0 Å². The number of nitrogens with zero attached hydrogens (tertiary/aromatic N) is 1. The Kier molecular flexibility index (Phi) is 5.78. The van der Waals surface area contributed by atoms with Crippen molar-refractivity contribution in [2.45, 2.75) is 71.6 Å². The molecule has 1 saturated carbocycles. The van der Waals surface area contributed by atoms with E-state index in [0.717, 1.165) is 0 Å². The predicted octanol–water partition coefficient (Wildman–Crippen LogP) is 3.11. The minimum atomic E-state index is -1.59. The molecule has 0 saturated heterocycles. The SMILES string of the molecule is C#C[C@@H]1C[C@@]1(C(=O)OCC)N(C(=O)OC(C)(C)C)C(=O)OC(C)(C)C. The lowest BCUT2D eigenvalue weighted by molar-refractivity contribution is -0.151. The Balaban J connectivity index is 3.29. The summed E-state index contributed by atoms with van der Waals surface area (Å²) in [7, 11) is 0. The Labute approximate surface area is 149 Å². The van der Waals surface area contributed by atoms with Crippen LogP contribution in [0.3, 0.4) is 0 Å². The third-order valence-electron chi connectivity index (χ3n) is 3.31. The highest BCUT2D eigenvalue weighted by Gasteiger charge is 2.69. The topological polar surface area (TPSA) is 82.1 Å². The smallest absolute Gasteiger partial charge is 0.420 e. The van der Waals surface area contributed by atoms with E-state index in [-0.39, 0.29) is 13.0 Å². The van der Waals surface area contributed by atoms with Gasteiger partial charge in [0.1, 0.15) is 11.2 Å². The molecule has 0 aliphatic heterocycles. The monoisotopic (exact) mass is 353 g/mol. The van der Waals surface area contributed by atoms with Gasteiger partial charge in [0, 0.05) is 6.42 Å². The first kappa shape index (κ1) is 20.8. The van der Waals surface area contributed by atoms with Gasteiger partial charge in [-0.25, -0.2) is 14.4 Å². The van der Waals surface area contributed by atoms with Crippen molar-refractivity contribution in [1.29, 1.82) is 0 Å². The van der Waals surface area contributed by atoms with E-state index in [2.05, 4.69) is 5.92 Å². The second-order valence-corrected chi connectivity index (χ2v) is 7.86. The van der Waals surface area contributed by atoms with E-state index in [1.54, 1.807) is 48.5 Å².